The van der Waals surface area contributed by atoms with Crippen molar-refractivity contribution in [3.05, 3.63) is 24.3 Å². The fraction of sp³-hybridized carbons (Fsp3) is 0.273. The lowest BCUT2D eigenvalue weighted by Crippen LogP contribution is -2.45. The number of fused-ring (bicyclic) bond motifs is 1. The number of primary amides is 1. The van der Waals surface area contributed by atoms with E-state index in [1.807, 2.05) is 29.2 Å². The van der Waals surface area contributed by atoms with Gasteiger partial charge in [0, 0.05) is 13.1 Å². The smallest absolute Gasteiger partial charge is 0.318 e. The number of urea groups is 1. The molecule has 90 valence electrons. The maximum atomic E-state index is 11.5. The normalized spacial score (nSPS) is 13.5. The molecule has 1 heterocycles. The quantitative estimate of drug-likeness (QED) is 0.678. The van der Waals surface area contributed by atoms with Gasteiger partial charge in [0.1, 0.15) is 0 Å². The van der Waals surface area contributed by atoms with E-state index in [9.17, 15) is 9.59 Å². The summed E-state index contributed by atoms with van der Waals surface area (Å²) in [6.45, 7) is 1.60. The average molecular weight is 234 g/mol. The van der Waals surface area contributed by atoms with Gasteiger partial charge in [0.05, 0.1) is 17.9 Å². The van der Waals surface area contributed by atoms with E-state index in [0.29, 0.717) is 6.54 Å². The Labute approximate surface area is 98.8 Å². The highest BCUT2D eigenvalue weighted by Crippen LogP contribution is 2.27. The fourth-order valence-electron chi connectivity index (χ4n) is 1.86. The summed E-state index contributed by atoms with van der Waals surface area (Å²) < 4.78 is 0. The minimum atomic E-state index is -0.821. The lowest BCUT2D eigenvalue weighted by atomic mass is 10.2. The predicted octanol–water partition coefficient (Wildman–Crippen LogP) is 0.113. The third kappa shape index (κ3) is 2.66. The fourth-order valence-corrected chi connectivity index (χ4v) is 1.86. The molecule has 1 aliphatic heterocycles. The van der Waals surface area contributed by atoms with E-state index in [-0.39, 0.29) is 6.54 Å². The molecular weight excluding hydrogens is 220 g/mol. The first-order valence-electron chi connectivity index (χ1n) is 5.34. The molecule has 1 aromatic rings. The van der Waals surface area contributed by atoms with Crippen molar-refractivity contribution in [3.63, 3.8) is 0 Å². The van der Waals surface area contributed by atoms with E-state index in [2.05, 4.69) is 10.6 Å². The highest BCUT2D eigenvalue weighted by molar-refractivity contribution is 5.96. The Bertz CT molecular complexity index is 447. The van der Waals surface area contributed by atoms with E-state index in [1.165, 1.54) is 0 Å². The van der Waals surface area contributed by atoms with Gasteiger partial charge >= 0.3 is 6.03 Å². The number of nitrogens with zero attached hydrogens (tertiary/aromatic N) is 1. The second-order valence-electron chi connectivity index (χ2n) is 3.78. The van der Waals surface area contributed by atoms with Crippen LogP contribution >= 0.6 is 0 Å². The van der Waals surface area contributed by atoms with Gasteiger partial charge in [0.15, 0.2) is 0 Å². The maximum Gasteiger partial charge on any atom is 0.318 e. The number of carbonyl (C=O) groups excluding carboxylic acids is 2. The summed E-state index contributed by atoms with van der Waals surface area (Å²) in [6.07, 6.45) is 0. The van der Waals surface area contributed by atoms with Crippen LogP contribution in [-0.4, -0.2) is 31.6 Å². The molecule has 1 aromatic carbocycles. The molecule has 2 rings (SSSR count). The van der Waals surface area contributed by atoms with Crippen LogP contribution in [0, 0.1) is 0 Å². The number of hydrogen-bond acceptors (Lipinski definition) is 4. The zero-order valence-electron chi connectivity index (χ0n) is 9.27. The van der Waals surface area contributed by atoms with E-state index < -0.39 is 11.9 Å². The number of hydrogen-bond donors (Lipinski definition) is 3. The number of benzene rings is 1. The summed E-state index contributed by atoms with van der Waals surface area (Å²) in [5.41, 5.74) is 6.84. The van der Waals surface area contributed by atoms with Crippen LogP contribution in [0.25, 0.3) is 0 Å². The van der Waals surface area contributed by atoms with Crippen molar-refractivity contribution in [2.75, 3.05) is 29.9 Å². The maximum absolute atomic E-state index is 11.5. The van der Waals surface area contributed by atoms with Crippen LogP contribution in [0.4, 0.5) is 16.2 Å². The molecular formula is C11H14N4O2. The first-order chi connectivity index (χ1) is 8.16. The number of rotatable bonds is 2. The van der Waals surface area contributed by atoms with Gasteiger partial charge in [-0.05, 0) is 12.1 Å². The van der Waals surface area contributed by atoms with Gasteiger partial charge in [-0.1, -0.05) is 12.1 Å². The summed E-state index contributed by atoms with van der Waals surface area (Å²) in [4.78, 5) is 23.9. The molecule has 3 amide bonds. The number of para-hydroxylation sites is 2. The Hall–Kier alpha value is -2.24. The molecule has 0 aromatic heterocycles. The molecule has 0 spiro atoms. The number of nitrogens with one attached hydrogen (secondary N) is 2. The molecule has 0 bridgehead atoms. The minimum Gasteiger partial charge on any atom is -0.382 e. The molecule has 6 heteroatoms. The highest BCUT2D eigenvalue weighted by Gasteiger charge is 2.18. The van der Waals surface area contributed by atoms with Crippen molar-refractivity contribution in [2.45, 2.75) is 0 Å². The van der Waals surface area contributed by atoms with Crippen molar-refractivity contribution >= 4 is 23.3 Å². The number of imide groups is 1. The van der Waals surface area contributed by atoms with E-state index >= 15 is 0 Å². The molecule has 4 N–H and O–H groups in total. The number of carbonyl (C=O) groups is 2. The third-order valence-electron chi connectivity index (χ3n) is 2.54. The molecule has 1 aliphatic rings. The van der Waals surface area contributed by atoms with Crippen molar-refractivity contribution in [1.29, 1.82) is 0 Å². The summed E-state index contributed by atoms with van der Waals surface area (Å²) in [7, 11) is 0. The van der Waals surface area contributed by atoms with Crippen LogP contribution in [0.5, 0.6) is 0 Å². The summed E-state index contributed by atoms with van der Waals surface area (Å²) in [6, 6.07) is 6.90. The minimum absolute atomic E-state index is 0.127. The lowest BCUT2D eigenvalue weighted by molar-refractivity contribution is -0.118. The Balaban J connectivity index is 2.08. The van der Waals surface area contributed by atoms with Crippen molar-refractivity contribution in [2.24, 2.45) is 5.73 Å². The molecule has 0 saturated carbocycles. The van der Waals surface area contributed by atoms with Gasteiger partial charge in [-0.25, -0.2) is 4.79 Å². The zero-order chi connectivity index (χ0) is 12.3. The van der Waals surface area contributed by atoms with Crippen LogP contribution < -0.4 is 21.3 Å². The van der Waals surface area contributed by atoms with E-state index in [4.69, 9.17) is 5.73 Å². The van der Waals surface area contributed by atoms with E-state index in [1.54, 1.807) is 0 Å². The zero-order valence-corrected chi connectivity index (χ0v) is 9.27. The molecule has 0 atom stereocenters. The first-order valence-corrected chi connectivity index (χ1v) is 5.34. The Morgan fingerprint density at radius 2 is 2.18 bits per heavy atom. The monoisotopic (exact) mass is 234 g/mol. The van der Waals surface area contributed by atoms with Crippen molar-refractivity contribution in [3.8, 4) is 0 Å². The van der Waals surface area contributed by atoms with Crippen LogP contribution in [0.1, 0.15) is 0 Å². The van der Waals surface area contributed by atoms with Gasteiger partial charge in [0.2, 0.25) is 5.91 Å². The molecule has 17 heavy (non-hydrogen) atoms. The van der Waals surface area contributed by atoms with Gasteiger partial charge in [-0.2, -0.15) is 0 Å². The van der Waals surface area contributed by atoms with Crippen LogP contribution in [0.3, 0.4) is 0 Å². The number of anilines is 2. The van der Waals surface area contributed by atoms with Gasteiger partial charge in [-0.15, -0.1) is 0 Å². The lowest BCUT2D eigenvalue weighted by Gasteiger charge is -2.31. The SMILES string of the molecule is NC(=O)NC(=O)CN1CCNc2ccccc21. The highest BCUT2D eigenvalue weighted by atomic mass is 16.2. The summed E-state index contributed by atoms with van der Waals surface area (Å²) >= 11 is 0. The van der Waals surface area contributed by atoms with Gasteiger partial charge in [0.25, 0.3) is 0 Å². The largest absolute Gasteiger partial charge is 0.382 e. The molecule has 0 unspecified atom stereocenters. The number of nitrogens with two attached hydrogens (primary N) is 1. The van der Waals surface area contributed by atoms with Crippen LogP contribution in [0.15, 0.2) is 24.3 Å². The average Bonchev–Trinajstić information content (AvgIpc) is 2.28. The predicted molar refractivity (Wildman–Crippen MR) is 64.9 cm³/mol. The van der Waals surface area contributed by atoms with E-state index in [0.717, 1.165) is 17.9 Å². The van der Waals surface area contributed by atoms with Crippen molar-refractivity contribution < 1.29 is 9.59 Å². The molecule has 0 aliphatic carbocycles. The van der Waals surface area contributed by atoms with Gasteiger partial charge < -0.3 is 16.0 Å². The Morgan fingerprint density at radius 3 is 2.94 bits per heavy atom. The van der Waals surface area contributed by atoms with Gasteiger partial charge in [-0.3, -0.25) is 10.1 Å². The summed E-state index contributed by atoms with van der Waals surface area (Å²) in [5, 5.41) is 5.30. The standard InChI is InChI=1S/C11H14N4O2/c12-11(17)14-10(16)7-15-6-5-13-8-3-1-2-4-9(8)15/h1-4,13H,5-7H2,(H3,12,14,16,17). The molecule has 6 nitrogen and oxygen atoms in total. The molecule has 0 fully saturated rings. The Kier molecular flexibility index (Phi) is 3.13. The third-order valence-corrected chi connectivity index (χ3v) is 2.54. The number of amides is 3. The second-order valence-corrected chi connectivity index (χ2v) is 3.78. The second kappa shape index (κ2) is 4.73. The Morgan fingerprint density at radius 1 is 1.41 bits per heavy atom. The molecule has 0 radical (unpaired) electrons. The van der Waals surface area contributed by atoms with Crippen molar-refractivity contribution in [1.82, 2.24) is 5.32 Å². The summed E-state index contributed by atoms with van der Waals surface area (Å²) in [5.74, 6) is -0.394. The topological polar surface area (TPSA) is 87.5 Å². The first kappa shape index (κ1) is 11.3. The molecule has 0 saturated heterocycles. The van der Waals surface area contributed by atoms with Crippen LogP contribution in [0.2, 0.25) is 0 Å². The van der Waals surface area contributed by atoms with Crippen LogP contribution in [-0.2, 0) is 4.79 Å².